The summed E-state index contributed by atoms with van der Waals surface area (Å²) < 4.78 is 22.2. The van der Waals surface area contributed by atoms with Crippen molar-refractivity contribution in [3.63, 3.8) is 0 Å². The van der Waals surface area contributed by atoms with Gasteiger partial charge in [-0.05, 0) is 13.2 Å². The highest BCUT2D eigenvalue weighted by Crippen LogP contribution is 2.20. The molecule has 0 aromatic carbocycles. The molecule has 0 aliphatic rings. The van der Waals surface area contributed by atoms with E-state index in [1.165, 1.54) is 21.6 Å². The molecule has 6 heteroatoms. The molecule has 0 saturated heterocycles. The van der Waals surface area contributed by atoms with Crippen molar-refractivity contribution in [3.05, 3.63) is 0 Å². The zero-order valence-electron chi connectivity index (χ0n) is 5.12. The van der Waals surface area contributed by atoms with Gasteiger partial charge in [0.25, 0.3) is 0 Å². The molecule has 0 fully saturated rings. The van der Waals surface area contributed by atoms with Gasteiger partial charge in [0.1, 0.15) is 0 Å². The van der Waals surface area contributed by atoms with E-state index in [-0.39, 0.29) is 5.37 Å². The first-order chi connectivity index (χ1) is 4.16. The second-order valence-corrected chi connectivity index (χ2v) is 4.77. The number of hydrogen-bond donors (Lipinski definition) is 1. The van der Waals surface area contributed by atoms with Crippen LogP contribution in [0.5, 0.6) is 0 Å². The van der Waals surface area contributed by atoms with Gasteiger partial charge in [0.15, 0.2) is 0 Å². The minimum Gasteiger partial charge on any atom is -0.760 e. The quantitative estimate of drug-likeness (QED) is 0.399. The standard InChI is InChI=1S/C3H9NO2S3/c1-3(8-7-2)4-9(5)6/h3-4H,1-2H3,(H,5,6)/p-1. The van der Waals surface area contributed by atoms with Crippen molar-refractivity contribution in [2.45, 2.75) is 12.3 Å². The van der Waals surface area contributed by atoms with Gasteiger partial charge in [-0.15, -0.1) is 0 Å². The molecule has 3 nitrogen and oxygen atoms in total. The molecule has 0 aromatic rings. The highest BCUT2D eigenvalue weighted by atomic mass is 33.1. The molecule has 2 atom stereocenters. The van der Waals surface area contributed by atoms with Crippen LogP contribution in [-0.2, 0) is 11.3 Å². The lowest BCUT2D eigenvalue weighted by atomic mass is 10.8. The molecule has 0 rings (SSSR count). The van der Waals surface area contributed by atoms with Crippen LogP contribution >= 0.6 is 21.6 Å². The van der Waals surface area contributed by atoms with Gasteiger partial charge >= 0.3 is 0 Å². The summed E-state index contributed by atoms with van der Waals surface area (Å²) in [4.78, 5) is 0. The van der Waals surface area contributed by atoms with Crippen molar-refractivity contribution in [1.82, 2.24) is 4.72 Å². The predicted molar refractivity (Wildman–Crippen MR) is 42.6 cm³/mol. The molecule has 0 aliphatic heterocycles. The Morgan fingerprint density at radius 3 is 2.67 bits per heavy atom. The maximum absolute atomic E-state index is 9.95. The summed E-state index contributed by atoms with van der Waals surface area (Å²) >= 11 is -2.13. The fourth-order valence-corrected chi connectivity index (χ4v) is 2.47. The normalized spacial score (nSPS) is 17.2. The Balaban J connectivity index is 3.26. The smallest absolute Gasteiger partial charge is 0.0714 e. The maximum atomic E-state index is 9.95. The highest BCUT2D eigenvalue weighted by molar-refractivity contribution is 8.76. The molecule has 0 aliphatic carbocycles. The van der Waals surface area contributed by atoms with E-state index in [9.17, 15) is 8.76 Å². The van der Waals surface area contributed by atoms with Gasteiger partial charge in [0.05, 0.1) is 5.37 Å². The molecule has 1 N–H and O–H groups in total. The molecular weight excluding hydrogens is 178 g/mol. The predicted octanol–water partition coefficient (Wildman–Crippen LogP) is 0.727. The average molecular weight is 186 g/mol. The largest absolute Gasteiger partial charge is 0.760 e. The molecule has 0 amide bonds. The van der Waals surface area contributed by atoms with Crippen molar-refractivity contribution in [2.24, 2.45) is 0 Å². The first-order valence-electron chi connectivity index (χ1n) is 2.21. The Bertz CT molecular complexity index is 99.1. The first-order valence-corrected chi connectivity index (χ1v) is 5.91. The highest BCUT2D eigenvalue weighted by Gasteiger charge is 1.97. The lowest BCUT2D eigenvalue weighted by Crippen LogP contribution is -2.23. The van der Waals surface area contributed by atoms with Gasteiger partial charge in [-0.25, -0.2) is 4.72 Å². The Hall–Kier alpha value is 0.770. The Kier molecular flexibility index (Phi) is 6.02. The lowest BCUT2D eigenvalue weighted by molar-refractivity contribution is 0.522. The summed E-state index contributed by atoms with van der Waals surface area (Å²) in [5.74, 6) is 0. The summed E-state index contributed by atoms with van der Waals surface area (Å²) in [7, 11) is 3.00. The van der Waals surface area contributed by atoms with E-state index in [2.05, 4.69) is 4.72 Å². The van der Waals surface area contributed by atoms with Crippen LogP contribution in [0.15, 0.2) is 0 Å². The van der Waals surface area contributed by atoms with Crippen LogP contribution in [0.4, 0.5) is 0 Å². The summed E-state index contributed by atoms with van der Waals surface area (Å²) in [6, 6.07) is 0. The Labute approximate surface area is 65.2 Å². The van der Waals surface area contributed by atoms with Gasteiger partial charge in [-0.1, -0.05) is 21.6 Å². The fourth-order valence-electron chi connectivity index (χ4n) is 0.299. The molecule has 0 bridgehead atoms. The third-order valence-electron chi connectivity index (χ3n) is 0.503. The van der Waals surface area contributed by atoms with Crippen LogP contribution in [0.1, 0.15) is 6.92 Å². The second kappa shape index (κ2) is 5.55. The van der Waals surface area contributed by atoms with Crippen LogP contribution in [-0.4, -0.2) is 20.4 Å². The van der Waals surface area contributed by atoms with Gasteiger partial charge in [0, 0.05) is 11.3 Å². The topological polar surface area (TPSA) is 52.2 Å². The van der Waals surface area contributed by atoms with E-state index in [1.54, 1.807) is 6.92 Å². The minimum absolute atomic E-state index is 0.0432. The molecule has 0 heterocycles. The average Bonchev–Trinajstić information content (AvgIpc) is 1.63. The third kappa shape index (κ3) is 6.66. The van der Waals surface area contributed by atoms with Gasteiger partial charge < -0.3 is 4.55 Å². The zero-order valence-corrected chi connectivity index (χ0v) is 7.57. The summed E-state index contributed by atoms with van der Waals surface area (Å²) in [6.45, 7) is 1.79. The van der Waals surface area contributed by atoms with Crippen molar-refractivity contribution in [2.75, 3.05) is 6.26 Å². The molecular formula is C3H8NO2S3-. The molecule has 0 aromatic heterocycles. The summed E-state index contributed by atoms with van der Waals surface area (Å²) in [6.07, 6.45) is 1.90. The minimum atomic E-state index is -2.13. The molecule has 56 valence electrons. The molecule has 2 unspecified atom stereocenters. The number of rotatable bonds is 4. The number of hydrogen-bond acceptors (Lipinski definition) is 4. The maximum Gasteiger partial charge on any atom is 0.0714 e. The van der Waals surface area contributed by atoms with Gasteiger partial charge in [-0.3, -0.25) is 4.21 Å². The van der Waals surface area contributed by atoms with E-state index in [1.807, 2.05) is 6.26 Å². The molecule has 0 saturated carbocycles. The Morgan fingerprint density at radius 2 is 2.33 bits per heavy atom. The van der Waals surface area contributed by atoms with E-state index in [0.717, 1.165) is 0 Å². The van der Waals surface area contributed by atoms with E-state index in [0.29, 0.717) is 0 Å². The summed E-state index contributed by atoms with van der Waals surface area (Å²) in [5, 5.41) is -0.0432. The molecule has 0 radical (unpaired) electrons. The van der Waals surface area contributed by atoms with E-state index >= 15 is 0 Å². The third-order valence-corrected chi connectivity index (χ3v) is 3.24. The van der Waals surface area contributed by atoms with Gasteiger partial charge in [-0.2, -0.15) is 0 Å². The first kappa shape index (κ1) is 9.77. The van der Waals surface area contributed by atoms with Crippen molar-refractivity contribution in [3.8, 4) is 0 Å². The van der Waals surface area contributed by atoms with Crippen LogP contribution in [0.3, 0.4) is 0 Å². The molecule has 0 spiro atoms. The van der Waals surface area contributed by atoms with E-state index < -0.39 is 11.3 Å². The van der Waals surface area contributed by atoms with Gasteiger partial charge in [0.2, 0.25) is 0 Å². The van der Waals surface area contributed by atoms with Crippen LogP contribution in [0.2, 0.25) is 0 Å². The zero-order chi connectivity index (χ0) is 7.28. The second-order valence-electron chi connectivity index (χ2n) is 1.26. The van der Waals surface area contributed by atoms with Crippen molar-refractivity contribution in [1.29, 1.82) is 0 Å². The monoisotopic (exact) mass is 186 g/mol. The SMILES string of the molecule is CSSC(C)NS(=O)[O-]. The van der Waals surface area contributed by atoms with Crippen LogP contribution in [0, 0.1) is 0 Å². The Morgan fingerprint density at radius 1 is 1.78 bits per heavy atom. The van der Waals surface area contributed by atoms with Crippen LogP contribution < -0.4 is 4.72 Å². The van der Waals surface area contributed by atoms with Crippen LogP contribution in [0.25, 0.3) is 0 Å². The lowest BCUT2D eigenvalue weighted by Gasteiger charge is -2.12. The van der Waals surface area contributed by atoms with Crippen molar-refractivity contribution >= 4 is 32.9 Å². The fraction of sp³-hybridized carbons (Fsp3) is 1.00. The van der Waals surface area contributed by atoms with E-state index in [4.69, 9.17) is 0 Å². The summed E-state index contributed by atoms with van der Waals surface area (Å²) in [5.41, 5.74) is 0. The molecule has 9 heavy (non-hydrogen) atoms. The van der Waals surface area contributed by atoms with Crippen molar-refractivity contribution < 1.29 is 8.76 Å². The number of nitrogens with one attached hydrogen (secondary N) is 1.